The molecule has 88 valence electrons. The Hall–Kier alpha value is -0.870. The van der Waals surface area contributed by atoms with E-state index < -0.39 is 0 Å². The predicted octanol–water partition coefficient (Wildman–Crippen LogP) is 1.74. The third-order valence-electron chi connectivity index (χ3n) is 2.45. The molecule has 1 atom stereocenters. The molecule has 0 fully saturated rings. The van der Waals surface area contributed by atoms with E-state index in [4.69, 9.17) is 9.47 Å². The number of ether oxygens (including phenoxy) is 2. The third-order valence-corrected chi connectivity index (χ3v) is 2.77. The Labute approximate surface area is 102 Å². The van der Waals surface area contributed by atoms with Gasteiger partial charge in [-0.3, -0.25) is 0 Å². The molecule has 0 bridgehead atoms. The highest BCUT2D eigenvalue weighted by molar-refractivity contribution is 7.80. The van der Waals surface area contributed by atoms with Crippen molar-refractivity contribution in [2.75, 3.05) is 25.4 Å². The first-order valence-corrected chi connectivity index (χ1v) is 6.23. The van der Waals surface area contributed by atoms with Gasteiger partial charge in [0.25, 0.3) is 0 Å². The number of thiol groups is 1. The van der Waals surface area contributed by atoms with Gasteiger partial charge in [0.1, 0.15) is 12.7 Å². The lowest BCUT2D eigenvalue weighted by molar-refractivity contribution is 0.0906. The van der Waals surface area contributed by atoms with Crippen LogP contribution in [0.15, 0.2) is 24.3 Å². The lowest BCUT2D eigenvalue weighted by Gasteiger charge is -2.26. The normalized spacial score (nSPS) is 18.4. The Morgan fingerprint density at radius 3 is 2.94 bits per heavy atom. The van der Waals surface area contributed by atoms with E-state index in [9.17, 15) is 0 Å². The number of para-hydroxylation sites is 2. The Kier molecular flexibility index (Phi) is 4.36. The molecule has 2 rings (SSSR count). The van der Waals surface area contributed by atoms with Crippen molar-refractivity contribution in [1.29, 1.82) is 0 Å². The summed E-state index contributed by atoms with van der Waals surface area (Å²) in [6, 6.07) is 7.78. The van der Waals surface area contributed by atoms with Crippen LogP contribution in [0.3, 0.4) is 0 Å². The van der Waals surface area contributed by atoms with Gasteiger partial charge in [0.15, 0.2) is 11.5 Å². The minimum Gasteiger partial charge on any atom is -0.486 e. The van der Waals surface area contributed by atoms with Crippen LogP contribution in [0.5, 0.6) is 11.5 Å². The maximum Gasteiger partial charge on any atom is 0.161 e. The summed E-state index contributed by atoms with van der Waals surface area (Å²) in [7, 11) is 0. The molecule has 0 spiro atoms. The molecule has 1 heterocycles. The Balaban J connectivity index is 1.79. The van der Waals surface area contributed by atoms with Gasteiger partial charge in [-0.1, -0.05) is 12.1 Å². The van der Waals surface area contributed by atoms with Gasteiger partial charge in [-0.05, 0) is 30.9 Å². The van der Waals surface area contributed by atoms with Gasteiger partial charge in [0.05, 0.1) is 0 Å². The van der Waals surface area contributed by atoms with E-state index in [0.29, 0.717) is 6.61 Å². The molecule has 0 aliphatic carbocycles. The van der Waals surface area contributed by atoms with Crippen LogP contribution >= 0.6 is 12.6 Å². The van der Waals surface area contributed by atoms with Gasteiger partial charge < -0.3 is 14.8 Å². The highest BCUT2D eigenvalue weighted by atomic mass is 32.1. The summed E-state index contributed by atoms with van der Waals surface area (Å²) in [6.45, 7) is 2.41. The van der Waals surface area contributed by atoms with Crippen LogP contribution in [0.25, 0.3) is 0 Å². The van der Waals surface area contributed by atoms with Crippen LogP contribution in [0.1, 0.15) is 6.42 Å². The SMILES string of the molecule is SCCCNCC1COc2ccccc2O1. The van der Waals surface area contributed by atoms with Crippen LogP contribution in [0, 0.1) is 0 Å². The molecule has 1 aliphatic rings. The Morgan fingerprint density at radius 2 is 2.12 bits per heavy atom. The monoisotopic (exact) mass is 239 g/mol. The van der Waals surface area contributed by atoms with Crippen molar-refractivity contribution in [2.24, 2.45) is 0 Å². The molecule has 0 radical (unpaired) electrons. The first-order valence-electron chi connectivity index (χ1n) is 5.60. The Morgan fingerprint density at radius 1 is 1.31 bits per heavy atom. The van der Waals surface area contributed by atoms with Crippen molar-refractivity contribution >= 4 is 12.6 Å². The summed E-state index contributed by atoms with van der Waals surface area (Å²) < 4.78 is 11.4. The maximum absolute atomic E-state index is 5.81. The largest absolute Gasteiger partial charge is 0.486 e. The van der Waals surface area contributed by atoms with E-state index in [1.54, 1.807) is 0 Å². The number of rotatable bonds is 5. The van der Waals surface area contributed by atoms with Crippen LogP contribution < -0.4 is 14.8 Å². The molecule has 0 saturated carbocycles. The summed E-state index contributed by atoms with van der Waals surface area (Å²) in [6.07, 6.45) is 1.18. The lowest BCUT2D eigenvalue weighted by atomic mass is 10.2. The van der Waals surface area contributed by atoms with Gasteiger partial charge in [0, 0.05) is 6.54 Å². The molecule has 4 heteroatoms. The van der Waals surface area contributed by atoms with E-state index >= 15 is 0 Å². The van der Waals surface area contributed by atoms with Crippen molar-refractivity contribution < 1.29 is 9.47 Å². The van der Waals surface area contributed by atoms with Gasteiger partial charge >= 0.3 is 0 Å². The molecule has 1 N–H and O–H groups in total. The van der Waals surface area contributed by atoms with Crippen LogP contribution in [-0.2, 0) is 0 Å². The highest BCUT2D eigenvalue weighted by Crippen LogP contribution is 2.30. The average molecular weight is 239 g/mol. The maximum atomic E-state index is 5.81. The summed E-state index contributed by atoms with van der Waals surface area (Å²) in [5.41, 5.74) is 0. The fraction of sp³-hybridized carbons (Fsp3) is 0.500. The molecule has 16 heavy (non-hydrogen) atoms. The predicted molar refractivity (Wildman–Crippen MR) is 67.7 cm³/mol. The van der Waals surface area contributed by atoms with Crippen LogP contribution in [0.4, 0.5) is 0 Å². The number of fused-ring (bicyclic) bond motifs is 1. The highest BCUT2D eigenvalue weighted by Gasteiger charge is 2.19. The first kappa shape index (κ1) is 11.6. The first-order chi connectivity index (χ1) is 7.90. The van der Waals surface area contributed by atoms with Gasteiger partial charge in [-0.2, -0.15) is 12.6 Å². The van der Waals surface area contributed by atoms with Crippen molar-refractivity contribution in [1.82, 2.24) is 5.32 Å². The molecule has 1 aliphatic heterocycles. The van der Waals surface area contributed by atoms with Crippen molar-refractivity contribution in [3.63, 3.8) is 0 Å². The lowest BCUT2D eigenvalue weighted by Crippen LogP contribution is -2.38. The molecule has 1 aromatic carbocycles. The van der Waals surface area contributed by atoms with E-state index in [1.165, 1.54) is 0 Å². The molecule has 0 saturated heterocycles. The van der Waals surface area contributed by atoms with Crippen molar-refractivity contribution in [3.8, 4) is 11.5 Å². The third kappa shape index (κ3) is 3.06. The quantitative estimate of drug-likeness (QED) is 0.606. The Bertz CT molecular complexity index is 333. The number of nitrogens with one attached hydrogen (secondary N) is 1. The van der Waals surface area contributed by atoms with E-state index in [2.05, 4.69) is 17.9 Å². The molecule has 3 nitrogen and oxygen atoms in total. The summed E-state index contributed by atoms with van der Waals surface area (Å²) >= 11 is 4.16. The zero-order chi connectivity index (χ0) is 11.2. The summed E-state index contributed by atoms with van der Waals surface area (Å²) in [4.78, 5) is 0. The van der Waals surface area contributed by atoms with E-state index in [-0.39, 0.29) is 6.10 Å². The second-order valence-electron chi connectivity index (χ2n) is 3.78. The number of hydrogen-bond acceptors (Lipinski definition) is 4. The summed E-state index contributed by atoms with van der Waals surface area (Å²) in [5.74, 6) is 2.60. The number of hydrogen-bond donors (Lipinski definition) is 2. The zero-order valence-electron chi connectivity index (χ0n) is 9.19. The van der Waals surface area contributed by atoms with Crippen molar-refractivity contribution in [2.45, 2.75) is 12.5 Å². The van der Waals surface area contributed by atoms with E-state index in [1.807, 2.05) is 24.3 Å². The fourth-order valence-electron chi connectivity index (χ4n) is 1.63. The van der Waals surface area contributed by atoms with Crippen LogP contribution in [-0.4, -0.2) is 31.6 Å². The fourth-order valence-corrected chi connectivity index (χ4v) is 1.79. The molecule has 1 aromatic rings. The second kappa shape index (κ2) is 6.01. The molecule has 0 amide bonds. The second-order valence-corrected chi connectivity index (χ2v) is 4.23. The van der Waals surface area contributed by atoms with E-state index in [0.717, 1.165) is 36.8 Å². The molecular formula is C12H17NO2S. The van der Waals surface area contributed by atoms with Gasteiger partial charge in [0.2, 0.25) is 0 Å². The number of benzene rings is 1. The summed E-state index contributed by atoms with van der Waals surface area (Å²) in [5, 5.41) is 3.33. The minimum atomic E-state index is 0.106. The smallest absolute Gasteiger partial charge is 0.161 e. The molecule has 1 unspecified atom stereocenters. The average Bonchev–Trinajstić information content (AvgIpc) is 2.34. The molecule has 0 aromatic heterocycles. The standard InChI is InChI=1S/C12H17NO2S/c16-7-3-6-13-8-10-9-14-11-4-1-2-5-12(11)15-10/h1-2,4-5,10,13,16H,3,6-9H2. The molecular weight excluding hydrogens is 222 g/mol. The van der Waals surface area contributed by atoms with Gasteiger partial charge in [-0.25, -0.2) is 0 Å². The van der Waals surface area contributed by atoms with Crippen molar-refractivity contribution in [3.05, 3.63) is 24.3 Å². The minimum absolute atomic E-state index is 0.106. The topological polar surface area (TPSA) is 30.5 Å². The van der Waals surface area contributed by atoms with Gasteiger partial charge in [-0.15, -0.1) is 0 Å². The van der Waals surface area contributed by atoms with Crippen LogP contribution in [0.2, 0.25) is 0 Å². The zero-order valence-corrected chi connectivity index (χ0v) is 10.1.